The maximum Gasteiger partial charge on any atom is 0.408 e. The topological polar surface area (TPSA) is 87.7 Å². The largest absolute Gasteiger partial charge is 0.444 e. The highest BCUT2D eigenvalue weighted by atomic mass is 32.2. The number of ether oxygens (including phenoxy) is 1. The number of hydrogen-bond donors (Lipinski definition) is 2. The van der Waals surface area contributed by atoms with E-state index in [9.17, 15) is 14.4 Å². The van der Waals surface area contributed by atoms with Crippen LogP contribution in [0.25, 0.3) is 0 Å². The van der Waals surface area contributed by atoms with Gasteiger partial charge in [0, 0.05) is 12.6 Å². The fraction of sp³-hybridized carbons (Fsp3) is 0.679. The van der Waals surface area contributed by atoms with Crippen molar-refractivity contribution in [2.24, 2.45) is 0 Å². The van der Waals surface area contributed by atoms with E-state index >= 15 is 0 Å². The molecule has 2 unspecified atom stereocenters. The fourth-order valence-corrected chi connectivity index (χ4v) is 5.13. The van der Waals surface area contributed by atoms with E-state index in [1.54, 1.807) is 37.4 Å². The molecule has 8 heteroatoms. The van der Waals surface area contributed by atoms with Gasteiger partial charge in [0.15, 0.2) is 0 Å². The number of hydrogen-bond acceptors (Lipinski definition) is 5. The number of aryl methyl sites for hydroxylation is 1. The lowest BCUT2D eigenvalue weighted by Crippen LogP contribution is -2.54. The van der Waals surface area contributed by atoms with Crippen LogP contribution < -0.4 is 10.6 Å². The summed E-state index contributed by atoms with van der Waals surface area (Å²) < 4.78 is 5.43. The van der Waals surface area contributed by atoms with Gasteiger partial charge in [-0.25, -0.2) is 4.79 Å². The molecule has 2 atom stereocenters. The summed E-state index contributed by atoms with van der Waals surface area (Å²) in [6, 6.07) is 4.43. The van der Waals surface area contributed by atoms with E-state index in [0.29, 0.717) is 18.7 Å². The molecule has 2 rings (SSSR count). The predicted molar refractivity (Wildman–Crippen MR) is 147 cm³/mol. The maximum absolute atomic E-state index is 14.0. The third kappa shape index (κ3) is 8.71. The van der Waals surface area contributed by atoms with Crippen molar-refractivity contribution >= 4 is 29.7 Å². The molecule has 0 bridgehead atoms. The van der Waals surface area contributed by atoms with Gasteiger partial charge in [-0.2, -0.15) is 11.8 Å². The molecule has 7 nitrogen and oxygen atoms in total. The maximum atomic E-state index is 14.0. The molecule has 0 radical (unpaired) electrons. The number of carbonyl (C=O) groups excluding carboxylic acids is 3. The Morgan fingerprint density at radius 2 is 1.81 bits per heavy atom. The third-order valence-corrected chi connectivity index (χ3v) is 7.32. The summed E-state index contributed by atoms with van der Waals surface area (Å²) in [7, 11) is 0. The molecular weight excluding hydrogens is 474 g/mol. The van der Waals surface area contributed by atoms with E-state index < -0.39 is 23.8 Å². The molecule has 1 aliphatic carbocycles. The monoisotopic (exact) mass is 519 g/mol. The zero-order valence-electron chi connectivity index (χ0n) is 23.1. The molecule has 1 aliphatic rings. The standard InChI is InChI=1S/C28H45N3O4S/c1-8-31(26(33)23(17-18-36-7)30-27(34)35-28(4,5)6)24(22-16-12-13-19(2)20(22)3)25(32)29-21-14-10-9-11-15-21/h12-13,16,21,23-24H,8-11,14-15,17-18H2,1-7H3,(H,29,32)(H,30,34). The summed E-state index contributed by atoms with van der Waals surface area (Å²) in [4.78, 5) is 42.0. The number of carbonyl (C=O) groups is 3. The molecular formula is C28H45N3O4S. The van der Waals surface area contributed by atoms with Gasteiger partial charge in [0.1, 0.15) is 17.7 Å². The van der Waals surface area contributed by atoms with Crippen molar-refractivity contribution in [2.45, 2.75) is 104 Å². The number of likely N-dealkylation sites (N-methyl/N-ethyl adjacent to an activating group) is 1. The van der Waals surface area contributed by atoms with Gasteiger partial charge in [-0.15, -0.1) is 0 Å². The lowest BCUT2D eigenvalue weighted by molar-refractivity contribution is -0.142. The van der Waals surface area contributed by atoms with Gasteiger partial charge in [-0.1, -0.05) is 37.5 Å². The van der Waals surface area contributed by atoms with Crippen LogP contribution in [0.4, 0.5) is 4.79 Å². The summed E-state index contributed by atoms with van der Waals surface area (Å²) in [5.41, 5.74) is 2.20. The fourth-order valence-electron chi connectivity index (χ4n) is 4.66. The van der Waals surface area contributed by atoms with Crippen LogP contribution >= 0.6 is 11.8 Å². The van der Waals surface area contributed by atoms with Crippen molar-refractivity contribution in [1.82, 2.24) is 15.5 Å². The molecule has 0 aliphatic heterocycles. The minimum Gasteiger partial charge on any atom is -0.444 e. The number of alkyl carbamates (subject to hydrolysis) is 1. The Morgan fingerprint density at radius 1 is 1.14 bits per heavy atom. The minimum atomic E-state index is -0.789. The van der Waals surface area contributed by atoms with Gasteiger partial charge >= 0.3 is 6.09 Å². The summed E-state index contributed by atoms with van der Waals surface area (Å²) >= 11 is 1.60. The van der Waals surface area contributed by atoms with Crippen molar-refractivity contribution in [1.29, 1.82) is 0 Å². The van der Waals surface area contributed by atoms with Crippen molar-refractivity contribution in [3.05, 3.63) is 34.9 Å². The number of rotatable bonds is 10. The smallest absolute Gasteiger partial charge is 0.408 e. The number of nitrogens with zero attached hydrogens (tertiary/aromatic N) is 1. The van der Waals surface area contributed by atoms with E-state index in [-0.39, 0.29) is 17.9 Å². The number of nitrogens with one attached hydrogen (secondary N) is 2. The van der Waals surface area contributed by atoms with Gasteiger partial charge in [0.05, 0.1) is 0 Å². The predicted octanol–water partition coefficient (Wildman–Crippen LogP) is 5.29. The van der Waals surface area contributed by atoms with E-state index in [1.165, 1.54) is 6.42 Å². The van der Waals surface area contributed by atoms with E-state index in [1.807, 2.05) is 45.2 Å². The molecule has 1 fully saturated rings. The molecule has 0 aromatic heterocycles. The van der Waals surface area contributed by atoms with Crippen LogP contribution in [0, 0.1) is 13.8 Å². The molecule has 1 aromatic rings. The first-order chi connectivity index (χ1) is 17.0. The van der Waals surface area contributed by atoms with Crippen molar-refractivity contribution in [3.63, 3.8) is 0 Å². The Labute approximate surface area is 221 Å². The number of benzene rings is 1. The Kier molecular flexibility index (Phi) is 11.6. The highest BCUT2D eigenvalue weighted by Crippen LogP contribution is 2.28. The average molecular weight is 520 g/mol. The van der Waals surface area contributed by atoms with Gasteiger partial charge in [-0.3, -0.25) is 9.59 Å². The molecule has 3 amide bonds. The van der Waals surface area contributed by atoms with Crippen LogP contribution in [0.1, 0.15) is 89.0 Å². The van der Waals surface area contributed by atoms with E-state index in [4.69, 9.17) is 4.74 Å². The first kappa shape index (κ1) is 30.0. The highest BCUT2D eigenvalue weighted by molar-refractivity contribution is 7.98. The molecule has 0 saturated heterocycles. The second-order valence-corrected chi connectivity index (χ2v) is 11.6. The Bertz CT molecular complexity index is 893. The molecule has 36 heavy (non-hydrogen) atoms. The van der Waals surface area contributed by atoms with E-state index in [0.717, 1.165) is 42.4 Å². The first-order valence-corrected chi connectivity index (χ1v) is 14.5. The lowest BCUT2D eigenvalue weighted by atomic mass is 9.92. The van der Waals surface area contributed by atoms with Gasteiger partial charge in [0.2, 0.25) is 11.8 Å². The van der Waals surface area contributed by atoms with Crippen LogP contribution in [0.3, 0.4) is 0 Å². The van der Waals surface area contributed by atoms with Crippen LogP contribution in [0.2, 0.25) is 0 Å². The summed E-state index contributed by atoms with van der Waals surface area (Å²) in [5, 5.41) is 6.02. The van der Waals surface area contributed by atoms with Crippen LogP contribution in [0.5, 0.6) is 0 Å². The highest BCUT2D eigenvalue weighted by Gasteiger charge is 2.37. The van der Waals surface area contributed by atoms with Crippen molar-refractivity contribution in [2.75, 3.05) is 18.6 Å². The molecule has 202 valence electrons. The van der Waals surface area contributed by atoms with Crippen molar-refractivity contribution in [3.8, 4) is 0 Å². The number of thioether (sulfide) groups is 1. The van der Waals surface area contributed by atoms with Gasteiger partial charge < -0.3 is 20.3 Å². The minimum absolute atomic E-state index is 0.125. The zero-order valence-corrected chi connectivity index (χ0v) is 23.9. The quantitative estimate of drug-likeness (QED) is 0.439. The van der Waals surface area contributed by atoms with E-state index in [2.05, 4.69) is 10.6 Å². The second-order valence-electron chi connectivity index (χ2n) is 10.6. The molecule has 0 spiro atoms. The molecule has 1 saturated carbocycles. The summed E-state index contributed by atoms with van der Waals surface area (Å²) in [6.07, 6.45) is 7.10. The Balaban J connectivity index is 2.41. The summed E-state index contributed by atoms with van der Waals surface area (Å²) in [5.74, 6) is 0.250. The second kappa shape index (κ2) is 13.9. The Morgan fingerprint density at radius 3 is 2.39 bits per heavy atom. The van der Waals surface area contributed by atoms with Crippen LogP contribution in [0.15, 0.2) is 18.2 Å². The summed E-state index contributed by atoms with van der Waals surface area (Å²) in [6.45, 7) is 11.6. The van der Waals surface area contributed by atoms with Crippen LogP contribution in [-0.4, -0.2) is 59.0 Å². The lowest BCUT2D eigenvalue weighted by Gasteiger charge is -2.35. The van der Waals surface area contributed by atoms with Gasteiger partial charge in [0.25, 0.3) is 0 Å². The normalized spacial score (nSPS) is 16.1. The first-order valence-electron chi connectivity index (χ1n) is 13.1. The third-order valence-electron chi connectivity index (χ3n) is 6.68. The molecule has 0 heterocycles. The zero-order chi connectivity index (χ0) is 26.9. The van der Waals surface area contributed by atoms with Gasteiger partial charge in [-0.05, 0) is 89.5 Å². The van der Waals surface area contributed by atoms with Crippen molar-refractivity contribution < 1.29 is 19.1 Å². The molecule has 1 aromatic carbocycles. The average Bonchev–Trinajstić information content (AvgIpc) is 2.81. The Hall–Kier alpha value is -2.22. The number of amides is 3. The van der Waals surface area contributed by atoms with Crippen LogP contribution in [-0.2, 0) is 14.3 Å². The SMILES string of the molecule is CCN(C(=O)C(CCSC)NC(=O)OC(C)(C)C)C(C(=O)NC1CCCCC1)c1cccc(C)c1C. The molecule has 2 N–H and O–H groups in total.